The van der Waals surface area contributed by atoms with E-state index >= 15 is 0 Å². The van der Waals surface area contributed by atoms with Gasteiger partial charge in [0.15, 0.2) is 5.78 Å². The Bertz CT molecular complexity index is 728. The number of carbonyl (C=O) groups excluding carboxylic acids is 2. The van der Waals surface area contributed by atoms with Gasteiger partial charge >= 0.3 is 0 Å². The van der Waals surface area contributed by atoms with Crippen LogP contribution in [0.15, 0.2) is 48.5 Å². The lowest BCUT2D eigenvalue weighted by molar-refractivity contribution is -0.123. The van der Waals surface area contributed by atoms with Gasteiger partial charge in [0.1, 0.15) is 5.75 Å². The maximum atomic E-state index is 12.2. The molecule has 0 saturated heterocycles. The zero-order valence-corrected chi connectivity index (χ0v) is 12.6. The summed E-state index contributed by atoms with van der Waals surface area (Å²) >= 11 is 5.81. The van der Waals surface area contributed by atoms with Gasteiger partial charge in [-0.2, -0.15) is 0 Å². The van der Waals surface area contributed by atoms with E-state index in [9.17, 15) is 9.59 Å². The molecule has 5 heteroatoms. The first-order valence-corrected chi connectivity index (χ1v) is 7.34. The van der Waals surface area contributed by atoms with E-state index in [1.54, 1.807) is 25.1 Å². The molecule has 0 spiro atoms. The van der Waals surface area contributed by atoms with Crippen molar-refractivity contribution in [1.29, 1.82) is 0 Å². The lowest BCUT2D eigenvalue weighted by Crippen LogP contribution is -2.30. The highest BCUT2D eigenvalue weighted by molar-refractivity contribution is 6.33. The first-order valence-electron chi connectivity index (χ1n) is 6.91. The molecule has 2 aromatic carbocycles. The molecular weight excluding hydrogens is 302 g/mol. The Hall–Kier alpha value is -2.33. The molecule has 1 aliphatic heterocycles. The molecule has 1 heterocycles. The lowest BCUT2D eigenvalue weighted by atomic mass is 10.0. The van der Waals surface area contributed by atoms with Crippen molar-refractivity contribution in [2.75, 3.05) is 5.32 Å². The molecule has 2 aromatic rings. The van der Waals surface area contributed by atoms with Crippen LogP contribution in [0.4, 0.5) is 5.69 Å². The predicted octanol–water partition coefficient (Wildman–Crippen LogP) is 3.57. The summed E-state index contributed by atoms with van der Waals surface area (Å²) in [4.78, 5) is 24.1. The molecule has 4 nitrogen and oxygen atoms in total. The van der Waals surface area contributed by atoms with Crippen molar-refractivity contribution in [3.05, 3.63) is 59.7 Å². The van der Waals surface area contributed by atoms with Gasteiger partial charge in [0.2, 0.25) is 6.10 Å². The second-order valence-corrected chi connectivity index (χ2v) is 5.74. The minimum absolute atomic E-state index is 0.191. The van der Waals surface area contributed by atoms with Gasteiger partial charge in [0.05, 0.1) is 11.1 Å². The summed E-state index contributed by atoms with van der Waals surface area (Å²) in [5.41, 5.74) is 1.71. The van der Waals surface area contributed by atoms with Crippen LogP contribution >= 0.6 is 11.6 Å². The van der Waals surface area contributed by atoms with E-state index < -0.39 is 11.5 Å². The van der Waals surface area contributed by atoms with Crippen molar-refractivity contribution in [2.24, 2.45) is 0 Å². The zero-order chi connectivity index (χ0) is 15.7. The van der Waals surface area contributed by atoms with Crippen molar-refractivity contribution in [3.63, 3.8) is 0 Å². The van der Waals surface area contributed by atoms with E-state index in [0.717, 1.165) is 5.56 Å². The highest BCUT2D eigenvalue weighted by Gasteiger charge is 2.29. The number of alkyl halides is 1. The maximum Gasteiger partial charge on any atom is 0.270 e. The third-order valence-corrected chi connectivity index (χ3v) is 3.67. The van der Waals surface area contributed by atoms with Crippen LogP contribution < -0.4 is 10.1 Å². The molecule has 1 N–H and O–H groups in total. The van der Waals surface area contributed by atoms with E-state index in [4.69, 9.17) is 16.3 Å². The average Bonchev–Trinajstić information content (AvgIpc) is 2.53. The molecule has 0 bridgehead atoms. The molecule has 112 valence electrons. The fourth-order valence-corrected chi connectivity index (χ4v) is 2.47. The summed E-state index contributed by atoms with van der Waals surface area (Å²) < 4.78 is 5.77. The fourth-order valence-electron chi connectivity index (χ4n) is 2.34. The number of benzene rings is 2. The van der Waals surface area contributed by atoms with Gasteiger partial charge in [0, 0.05) is 11.1 Å². The summed E-state index contributed by atoms with van der Waals surface area (Å²) in [7, 11) is 0. The van der Waals surface area contributed by atoms with Crippen LogP contribution in [0.1, 0.15) is 28.9 Å². The molecule has 0 aliphatic carbocycles. The Morgan fingerprint density at radius 1 is 1.23 bits per heavy atom. The predicted molar refractivity (Wildman–Crippen MR) is 84.5 cm³/mol. The van der Waals surface area contributed by atoms with Crippen LogP contribution in [-0.2, 0) is 4.79 Å². The minimum Gasteiger partial charge on any atom is -0.474 e. The third-order valence-electron chi connectivity index (χ3n) is 3.47. The van der Waals surface area contributed by atoms with Gasteiger partial charge in [-0.3, -0.25) is 9.59 Å². The quantitative estimate of drug-likeness (QED) is 0.696. The Labute approximate surface area is 133 Å². The molecule has 2 unspecified atom stereocenters. The molecule has 22 heavy (non-hydrogen) atoms. The van der Waals surface area contributed by atoms with Crippen LogP contribution in [-0.4, -0.2) is 17.1 Å². The van der Waals surface area contributed by atoms with E-state index in [1.807, 2.05) is 30.3 Å². The van der Waals surface area contributed by atoms with Crippen LogP contribution in [0, 0.1) is 0 Å². The molecule has 0 fully saturated rings. The number of Topliss-reactive ketones (excluding diaryl/α,β-unsaturated/α-hetero) is 1. The Balaban J connectivity index is 1.91. The minimum atomic E-state index is -0.692. The number of rotatable bonds is 3. The van der Waals surface area contributed by atoms with Crippen molar-refractivity contribution in [3.8, 4) is 5.75 Å². The van der Waals surface area contributed by atoms with Gasteiger partial charge in [-0.05, 0) is 25.1 Å². The van der Waals surface area contributed by atoms with E-state index in [-0.39, 0.29) is 11.7 Å². The Morgan fingerprint density at radius 3 is 2.64 bits per heavy atom. The molecular formula is C17H14ClNO3. The molecule has 1 aliphatic rings. The Morgan fingerprint density at radius 2 is 1.95 bits per heavy atom. The van der Waals surface area contributed by atoms with E-state index in [0.29, 0.717) is 17.0 Å². The number of carbonyl (C=O) groups is 2. The summed E-state index contributed by atoms with van der Waals surface area (Å²) in [5, 5.41) is 2.17. The molecule has 2 atom stereocenters. The number of ether oxygens (including phenoxy) is 1. The zero-order valence-electron chi connectivity index (χ0n) is 11.9. The normalized spacial score (nSPS) is 17.9. The number of hydrogen-bond acceptors (Lipinski definition) is 3. The SMILES string of the molecule is CC(Cl)C(=O)c1ccc2c(c1)NC(=O)C(c1ccccc1)O2. The Kier molecular flexibility index (Phi) is 3.86. The summed E-state index contributed by atoms with van der Waals surface area (Å²) in [5.74, 6) is 0.0818. The van der Waals surface area contributed by atoms with Crippen LogP contribution in [0.25, 0.3) is 0 Å². The third kappa shape index (κ3) is 2.70. The number of halogens is 1. The lowest BCUT2D eigenvalue weighted by Gasteiger charge is -2.26. The summed E-state index contributed by atoms with van der Waals surface area (Å²) in [6.45, 7) is 1.61. The first kappa shape index (κ1) is 14.6. The number of hydrogen-bond donors (Lipinski definition) is 1. The molecule has 1 amide bonds. The van der Waals surface area contributed by atoms with Gasteiger partial charge in [-0.15, -0.1) is 11.6 Å². The molecule has 0 saturated carbocycles. The fraction of sp³-hybridized carbons (Fsp3) is 0.176. The molecule has 3 rings (SSSR count). The van der Waals surface area contributed by atoms with Crippen molar-refractivity contribution < 1.29 is 14.3 Å². The summed E-state index contributed by atoms with van der Waals surface area (Å²) in [6, 6.07) is 14.2. The van der Waals surface area contributed by atoms with Crippen molar-refractivity contribution in [2.45, 2.75) is 18.4 Å². The van der Waals surface area contributed by atoms with Crippen LogP contribution in [0.5, 0.6) is 5.75 Å². The van der Waals surface area contributed by atoms with Crippen molar-refractivity contribution >= 4 is 29.0 Å². The van der Waals surface area contributed by atoms with E-state index in [1.165, 1.54) is 0 Å². The molecule has 0 radical (unpaired) electrons. The van der Waals surface area contributed by atoms with Crippen molar-refractivity contribution in [1.82, 2.24) is 0 Å². The smallest absolute Gasteiger partial charge is 0.270 e. The first-order chi connectivity index (χ1) is 10.6. The summed E-state index contributed by atoms with van der Waals surface area (Å²) in [6.07, 6.45) is -0.692. The number of nitrogens with one attached hydrogen (secondary N) is 1. The monoisotopic (exact) mass is 315 g/mol. The largest absolute Gasteiger partial charge is 0.474 e. The standard InChI is InChI=1S/C17H14ClNO3/c1-10(18)15(20)12-7-8-14-13(9-12)19-17(21)16(22-14)11-5-3-2-4-6-11/h2-10,16H,1H3,(H,19,21). The van der Waals surface area contributed by atoms with Crippen LogP contribution in [0.2, 0.25) is 0 Å². The van der Waals surface area contributed by atoms with E-state index in [2.05, 4.69) is 5.32 Å². The van der Waals surface area contributed by atoms with Gasteiger partial charge in [0.25, 0.3) is 5.91 Å². The van der Waals surface area contributed by atoms with Gasteiger partial charge in [-0.1, -0.05) is 30.3 Å². The molecule has 0 aromatic heterocycles. The topological polar surface area (TPSA) is 55.4 Å². The average molecular weight is 316 g/mol. The number of ketones is 1. The van der Waals surface area contributed by atoms with Crippen LogP contribution in [0.3, 0.4) is 0 Å². The second-order valence-electron chi connectivity index (χ2n) is 5.09. The second kappa shape index (κ2) is 5.81. The highest BCUT2D eigenvalue weighted by Crippen LogP contribution is 2.35. The highest BCUT2D eigenvalue weighted by atomic mass is 35.5. The maximum absolute atomic E-state index is 12.2. The number of amides is 1. The number of anilines is 1. The van der Waals surface area contributed by atoms with Gasteiger partial charge < -0.3 is 10.1 Å². The van der Waals surface area contributed by atoms with Gasteiger partial charge in [-0.25, -0.2) is 0 Å². The number of fused-ring (bicyclic) bond motifs is 1.